The van der Waals surface area contributed by atoms with Crippen molar-refractivity contribution in [2.45, 2.75) is 32.7 Å². The first-order valence-corrected chi connectivity index (χ1v) is 8.31. The highest BCUT2D eigenvalue weighted by molar-refractivity contribution is 6.59. The summed E-state index contributed by atoms with van der Waals surface area (Å²) in [5.41, 5.74) is 0.930. The van der Waals surface area contributed by atoms with E-state index in [1.807, 2.05) is 19.9 Å². The van der Waals surface area contributed by atoms with Crippen molar-refractivity contribution in [3.8, 4) is 0 Å². The number of hydrogen-bond acceptors (Lipinski definition) is 3. The number of benzene rings is 1. The molecule has 5 heteroatoms. The van der Waals surface area contributed by atoms with Crippen LogP contribution in [-0.2, 0) is 15.3 Å². The van der Waals surface area contributed by atoms with E-state index in [0.29, 0.717) is 25.7 Å². The molecule has 0 saturated carbocycles. The molecule has 0 fully saturated rings. The lowest BCUT2D eigenvalue weighted by molar-refractivity contribution is 0.108. The van der Waals surface area contributed by atoms with Crippen LogP contribution in [0.2, 0.25) is 6.04 Å². The molecule has 3 nitrogen and oxygen atoms in total. The lowest BCUT2D eigenvalue weighted by Crippen LogP contribution is -2.42. The molecule has 0 aliphatic carbocycles. The largest absolute Gasteiger partial charge is 0.498 e. The topological polar surface area (TPSA) is 38.7 Å². The molecule has 0 unspecified atom stereocenters. The Kier molecular flexibility index (Phi) is 6.49. The van der Waals surface area contributed by atoms with Crippen LogP contribution >= 0.6 is 0 Å². The zero-order valence-electron chi connectivity index (χ0n) is 11.0. The lowest BCUT2D eigenvalue weighted by Gasteiger charge is -2.22. The SMILES string of the molecule is CCO[Si](O)(CCCc1cccc(F)c1)OCC. The second-order valence-electron chi connectivity index (χ2n) is 4.06. The van der Waals surface area contributed by atoms with Gasteiger partial charge in [0, 0.05) is 19.3 Å². The summed E-state index contributed by atoms with van der Waals surface area (Å²) in [5, 5.41) is 0. The molecule has 0 spiro atoms. The summed E-state index contributed by atoms with van der Waals surface area (Å²) in [6.07, 6.45) is 1.44. The molecule has 0 saturated heterocycles. The van der Waals surface area contributed by atoms with Gasteiger partial charge in [-0.2, -0.15) is 0 Å². The Morgan fingerprint density at radius 2 is 1.89 bits per heavy atom. The molecule has 0 atom stereocenters. The fourth-order valence-corrected chi connectivity index (χ4v) is 3.74. The standard InChI is InChI=1S/C13H21FO3Si/c1-3-16-18(15,17-4-2)10-6-8-12-7-5-9-13(14)11-12/h5,7,9,11,15H,3-4,6,8,10H2,1-2H3. The van der Waals surface area contributed by atoms with E-state index in [0.717, 1.165) is 12.0 Å². The van der Waals surface area contributed by atoms with Gasteiger partial charge < -0.3 is 13.6 Å². The quantitative estimate of drug-likeness (QED) is 0.740. The molecule has 0 aliphatic heterocycles. The molecule has 0 aliphatic rings. The van der Waals surface area contributed by atoms with Crippen molar-refractivity contribution in [2.75, 3.05) is 13.2 Å². The van der Waals surface area contributed by atoms with E-state index in [-0.39, 0.29) is 5.82 Å². The normalized spacial score (nSPS) is 11.8. The van der Waals surface area contributed by atoms with Crippen molar-refractivity contribution in [3.05, 3.63) is 35.6 Å². The molecular weight excluding hydrogens is 251 g/mol. The second kappa shape index (κ2) is 7.63. The van der Waals surface area contributed by atoms with Gasteiger partial charge in [0.1, 0.15) is 5.82 Å². The predicted molar refractivity (Wildman–Crippen MR) is 70.8 cm³/mol. The molecule has 18 heavy (non-hydrogen) atoms. The Labute approximate surface area is 109 Å². The second-order valence-corrected chi connectivity index (χ2v) is 6.56. The molecule has 1 rings (SSSR count). The molecule has 0 amide bonds. The van der Waals surface area contributed by atoms with Crippen molar-refractivity contribution in [1.82, 2.24) is 0 Å². The Bertz CT molecular complexity index is 354. The van der Waals surface area contributed by atoms with Gasteiger partial charge in [0.05, 0.1) is 0 Å². The molecule has 0 bridgehead atoms. The zero-order valence-corrected chi connectivity index (χ0v) is 12.0. The van der Waals surface area contributed by atoms with Gasteiger partial charge in [0.15, 0.2) is 0 Å². The molecule has 0 aromatic heterocycles. The van der Waals surface area contributed by atoms with Gasteiger partial charge in [-0.1, -0.05) is 12.1 Å². The van der Waals surface area contributed by atoms with Crippen molar-refractivity contribution in [1.29, 1.82) is 0 Å². The van der Waals surface area contributed by atoms with Crippen LogP contribution in [0.15, 0.2) is 24.3 Å². The maximum Gasteiger partial charge on any atom is 0.498 e. The minimum absolute atomic E-state index is 0.227. The first-order valence-electron chi connectivity index (χ1n) is 6.34. The highest BCUT2D eigenvalue weighted by Crippen LogP contribution is 2.16. The minimum atomic E-state index is -3.01. The van der Waals surface area contributed by atoms with E-state index < -0.39 is 8.80 Å². The Morgan fingerprint density at radius 1 is 1.22 bits per heavy atom. The van der Waals surface area contributed by atoms with Crippen molar-refractivity contribution in [3.63, 3.8) is 0 Å². The Morgan fingerprint density at radius 3 is 2.44 bits per heavy atom. The summed E-state index contributed by atoms with van der Waals surface area (Å²) >= 11 is 0. The molecule has 1 aromatic rings. The average Bonchev–Trinajstić information content (AvgIpc) is 2.29. The third-order valence-corrected chi connectivity index (χ3v) is 5.05. The predicted octanol–water partition coefficient (Wildman–Crippen LogP) is 2.76. The summed E-state index contributed by atoms with van der Waals surface area (Å²) in [4.78, 5) is 10.2. The van der Waals surface area contributed by atoms with Gasteiger partial charge in [-0.15, -0.1) is 0 Å². The molecule has 1 N–H and O–H groups in total. The van der Waals surface area contributed by atoms with Crippen LogP contribution < -0.4 is 0 Å². The summed E-state index contributed by atoms with van der Waals surface area (Å²) in [6, 6.07) is 7.02. The number of halogens is 1. The number of rotatable bonds is 8. The van der Waals surface area contributed by atoms with E-state index >= 15 is 0 Å². The van der Waals surface area contributed by atoms with Gasteiger partial charge in [-0.3, -0.25) is 0 Å². The monoisotopic (exact) mass is 272 g/mol. The third kappa shape index (κ3) is 5.26. The van der Waals surface area contributed by atoms with Crippen LogP contribution in [0.4, 0.5) is 4.39 Å². The van der Waals surface area contributed by atoms with E-state index in [4.69, 9.17) is 8.85 Å². The number of aryl methyl sites for hydroxylation is 1. The minimum Gasteiger partial charge on any atom is -0.390 e. The summed E-state index contributed by atoms with van der Waals surface area (Å²) in [5.74, 6) is -0.227. The van der Waals surface area contributed by atoms with E-state index in [2.05, 4.69) is 0 Å². The van der Waals surface area contributed by atoms with Gasteiger partial charge in [0.25, 0.3) is 0 Å². The lowest BCUT2D eigenvalue weighted by atomic mass is 10.1. The van der Waals surface area contributed by atoms with Crippen molar-refractivity contribution < 1.29 is 18.0 Å². The summed E-state index contributed by atoms with van der Waals surface area (Å²) in [7, 11) is -3.01. The zero-order chi connectivity index (χ0) is 13.4. The average molecular weight is 272 g/mol. The van der Waals surface area contributed by atoms with Crippen LogP contribution in [0.25, 0.3) is 0 Å². The van der Waals surface area contributed by atoms with Crippen molar-refractivity contribution in [2.24, 2.45) is 0 Å². The van der Waals surface area contributed by atoms with Crippen LogP contribution in [0.3, 0.4) is 0 Å². The smallest absolute Gasteiger partial charge is 0.390 e. The fraction of sp³-hybridized carbons (Fsp3) is 0.538. The Balaban J connectivity index is 2.43. The summed E-state index contributed by atoms with van der Waals surface area (Å²) < 4.78 is 23.6. The highest BCUT2D eigenvalue weighted by atomic mass is 28.4. The van der Waals surface area contributed by atoms with Crippen LogP contribution in [0, 0.1) is 5.82 Å². The van der Waals surface area contributed by atoms with Gasteiger partial charge in [-0.25, -0.2) is 4.39 Å². The fourth-order valence-electron chi connectivity index (χ4n) is 1.85. The highest BCUT2D eigenvalue weighted by Gasteiger charge is 2.35. The number of hydrogen-bond donors (Lipinski definition) is 1. The van der Waals surface area contributed by atoms with E-state index in [9.17, 15) is 9.19 Å². The van der Waals surface area contributed by atoms with Gasteiger partial charge in [-0.05, 0) is 44.4 Å². The van der Waals surface area contributed by atoms with E-state index in [1.165, 1.54) is 12.1 Å². The van der Waals surface area contributed by atoms with Crippen LogP contribution in [0.5, 0.6) is 0 Å². The molecular formula is C13H21FO3Si. The maximum absolute atomic E-state index is 13.0. The van der Waals surface area contributed by atoms with E-state index in [1.54, 1.807) is 6.07 Å². The maximum atomic E-state index is 13.0. The first kappa shape index (κ1) is 15.3. The first-order chi connectivity index (χ1) is 8.59. The van der Waals surface area contributed by atoms with Crippen LogP contribution in [-0.4, -0.2) is 26.8 Å². The molecule has 1 aromatic carbocycles. The van der Waals surface area contributed by atoms with Crippen LogP contribution in [0.1, 0.15) is 25.8 Å². The molecule has 0 heterocycles. The summed E-state index contributed by atoms with van der Waals surface area (Å²) in [6.45, 7) is 4.57. The van der Waals surface area contributed by atoms with Gasteiger partial charge >= 0.3 is 8.80 Å². The van der Waals surface area contributed by atoms with Gasteiger partial charge in [0.2, 0.25) is 0 Å². The Hall–Kier alpha value is -0.753. The van der Waals surface area contributed by atoms with Crippen molar-refractivity contribution >= 4 is 8.80 Å². The third-order valence-electron chi connectivity index (χ3n) is 2.59. The molecule has 102 valence electrons. The molecule has 0 radical (unpaired) electrons.